The molecule has 1 aromatic heterocycles. The van der Waals surface area contributed by atoms with E-state index in [0.29, 0.717) is 12.2 Å². The van der Waals surface area contributed by atoms with Crippen LogP contribution in [0.3, 0.4) is 0 Å². The van der Waals surface area contributed by atoms with E-state index in [-0.39, 0.29) is 0 Å². The fourth-order valence-corrected chi connectivity index (χ4v) is 3.22. The molecule has 0 amide bonds. The van der Waals surface area contributed by atoms with Crippen LogP contribution < -0.4 is 4.74 Å². The minimum Gasteiger partial charge on any atom is -0.496 e. The molecule has 1 atom stereocenters. The molecule has 1 heterocycles. The Hall–Kier alpha value is -1.91. The molecule has 4 heteroatoms. The molecule has 3 aromatic rings. The van der Waals surface area contributed by atoms with Crippen molar-refractivity contribution in [1.82, 2.24) is 4.98 Å². The number of fused-ring (bicyclic) bond motifs is 1. The highest BCUT2D eigenvalue weighted by atomic mass is 32.1. The molecule has 0 saturated carbocycles. The first kappa shape index (κ1) is 14.0. The Morgan fingerprint density at radius 3 is 2.76 bits per heavy atom. The van der Waals surface area contributed by atoms with Gasteiger partial charge >= 0.3 is 0 Å². The van der Waals surface area contributed by atoms with E-state index >= 15 is 0 Å². The van der Waals surface area contributed by atoms with E-state index in [4.69, 9.17) is 4.74 Å². The van der Waals surface area contributed by atoms with E-state index in [2.05, 4.69) is 4.98 Å². The topological polar surface area (TPSA) is 42.4 Å². The molecular weight excluding hydrogens is 282 g/mol. The lowest BCUT2D eigenvalue weighted by Gasteiger charge is -2.17. The van der Waals surface area contributed by atoms with Gasteiger partial charge in [-0.15, -0.1) is 11.3 Å². The summed E-state index contributed by atoms with van der Waals surface area (Å²) in [4.78, 5) is 4.43. The average Bonchev–Trinajstić information content (AvgIpc) is 2.90. The highest BCUT2D eigenvalue weighted by Gasteiger charge is 2.18. The Morgan fingerprint density at radius 1 is 1.24 bits per heavy atom. The number of ether oxygens (including phenoxy) is 1. The second-order valence-corrected chi connectivity index (χ2v) is 6.04. The molecule has 0 aliphatic heterocycles. The van der Waals surface area contributed by atoms with Crippen LogP contribution in [0.15, 0.2) is 41.8 Å². The molecule has 21 heavy (non-hydrogen) atoms. The molecule has 1 N–H and O–H groups in total. The largest absolute Gasteiger partial charge is 0.496 e. The van der Waals surface area contributed by atoms with Crippen LogP contribution >= 0.6 is 11.3 Å². The summed E-state index contributed by atoms with van der Waals surface area (Å²) in [5.74, 6) is 0.716. The van der Waals surface area contributed by atoms with Crippen molar-refractivity contribution in [2.45, 2.75) is 19.4 Å². The van der Waals surface area contributed by atoms with E-state index in [1.807, 2.05) is 48.7 Å². The third kappa shape index (κ3) is 2.77. The van der Waals surface area contributed by atoms with Crippen molar-refractivity contribution in [2.75, 3.05) is 7.11 Å². The fourth-order valence-electron chi connectivity index (χ4n) is 2.60. The third-order valence-corrected chi connectivity index (χ3v) is 4.38. The number of nitrogens with zero attached hydrogens (tertiary/aromatic N) is 1. The molecule has 3 nitrogen and oxygen atoms in total. The molecule has 0 aliphatic carbocycles. The second kappa shape index (κ2) is 5.84. The van der Waals surface area contributed by atoms with Crippen molar-refractivity contribution in [3.05, 3.63) is 58.0 Å². The van der Waals surface area contributed by atoms with Gasteiger partial charge in [-0.2, -0.15) is 0 Å². The molecule has 0 fully saturated rings. The molecule has 0 saturated heterocycles. The summed E-state index contributed by atoms with van der Waals surface area (Å²) >= 11 is 1.60. The molecule has 0 bridgehead atoms. The monoisotopic (exact) mass is 299 g/mol. The van der Waals surface area contributed by atoms with E-state index in [9.17, 15) is 5.11 Å². The van der Waals surface area contributed by atoms with Gasteiger partial charge in [-0.05, 0) is 23.8 Å². The van der Waals surface area contributed by atoms with Crippen LogP contribution in [-0.2, 0) is 6.42 Å². The first-order valence-electron chi connectivity index (χ1n) is 6.83. The van der Waals surface area contributed by atoms with Crippen molar-refractivity contribution in [1.29, 1.82) is 0 Å². The van der Waals surface area contributed by atoms with Crippen LogP contribution in [0.2, 0.25) is 0 Å². The van der Waals surface area contributed by atoms with Gasteiger partial charge < -0.3 is 9.84 Å². The highest BCUT2D eigenvalue weighted by molar-refractivity contribution is 7.09. The number of aliphatic hydroxyl groups is 1. The maximum Gasteiger partial charge on any atom is 0.125 e. The lowest BCUT2D eigenvalue weighted by Crippen LogP contribution is -2.05. The molecule has 2 aromatic carbocycles. The van der Waals surface area contributed by atoms with Gasteiger partial charge in [0.25, 0.3) is 0 Å². The Bertz CT molecular complexity index is 766. The number of aromatic nitrogens is 1. The van der Waals surface area contributed by atoms with Gasteiger partial charge in [0.2, 0.25) is 0 Å². The summed E-state index contributed by atoms with van der Waals surface area (Å²) in [6.07, 6.45) is -0.137. The van der Waals surface area contributed by atoms with Gasteiger partial charge in [0.15, 0.2) is 0 Å². The number of rotatable bonds is 4. The van der Waals surface area contributed by atoms with Crippen molar-refractivity contribution in [3.8, 4) is 5.75 Å². The summed E-state index contributed by atoms with van der Waals surface area (Å²) in [7, 11) is 1.63. The molecule has 0 aliphatic rings. The van der Waals surface area contributed by atoms with E-state index in [0.717, 1.165) is 27.0 Å². The van der Waals surface area contributed by atoms with Crippen LogP contribution in [0.25, 0.3) is 10.8 Å². The fraction of sp³-hybridized carbons (Fsp3) is 0.235. The third-order valence-electron chi connectivity index (χ3n) is 3.55. The van der Waals surface area contributed by atoms with Gasteiger partial charge in [-0.3, -0.25) is 0 Å². The van der Waals surface area contributed by atoms with Crippen LogP contribution in [0, 0.1) is 6.92 Å². The molecular formula is C17H17NO2S. The van der Waals surface area contributed by atoms with Crippen molar-refractivity contribution in [3.63, 3.8) is 0 Å². The number of methoxy groups -OCH3 is 1. The summed E-state index contributed by atoms with van der Waals surface area (Å²) < 4.78 is 5.44. The van der Waals surface area contributed by atoms with E-state index < -0.39 is 6.10 Å². The maximum absolute atomic E-state index is 10.7. The lowest BCUT2D eigenvalue weighted by molar-refractivity contribution is 0.174. The molecule has 3 rings (SSSR count). The summed E-state index contributed by atoms with van der Waals surface area (Å²) in [6, 6.07) is 11.9. The zero-order valence-corrected chi connectivity index (χ0v) is 12.9. The summed E-state index contributed by atoms with van der Waals surface area (Å²) in [5, 5.41) is 15.8. The van der Waals surface area contributed by atoms with Gasteiger partial charge in [-0.25, -0.2) is 4.98 Å². The first-order valence-corrected chi connectivity index (χ1v) is 7.71. The number of benzene rings is 2. The normalized spacial score (nSPS) is 12.5. The zero-order chi connectivity index (χ0) is 14.8. The van der Waals surface area contributed by atoms with Crippen LogP contribution in [0.5, 0.6) is 5.75 Å². The second-order valence-electron chi connectivity index (χ2n) is 4.98. The van der Waals surface area contributed by atoms with Gasteiger partial charge in [-0.1, -0.05) is 30.3 Å². The minimum absolute atomic E-state index is 0.495. The smallest absolute Gasteiger partial charge is 0.125 e. The van der Waals surface area contributed by atoms with Crippen molar-refractivity contribution >= 4 is 22.1 Å². The van der Waals surface area contributed by atoms with Gasteiger partial charge in [0, 0.05) is 17.4 Å². The first-order chi connectivity index (χ1) is 10.2. The summed E-state index contributed by atoms with van der Waals surface area (Å²) in [6.45, 7) is 1.97. The lowest BCUT2D eigenvalue weighted by atomic mass is 9.97. The van der Waals surface area contributed by atoms with Crippen molar-refractivity contribution < 1.29 is 9.84 Å². The number of hydrogen-bond acceptors (Lipinski definition) is 4. The van der Waals surface area contributed by atoms with Crippen LogP contribution in [0.1, 0.15) is 22.4 Å². The molecule has 1 unspecified atom stereocenters. The Balaban J connectivity index is 2.04. The quantitative estimate of drug-likeness (QED) is 0.794. The standard InChI is InChI=1S/C17H17NO2S/c1-11-18-13(10-21-11)9-15(19)17-14-6-4-3-5-12(14)7-8-16(17)20-2/h3-8,10,15,19H,9H2,1-2H3. The maximum atomic E-state index is 10.7. The Kier molecular flexibility index (Phi) is 3.90. The van der Waals surface area contributed by atoms with Crippen LogP contribution in [0.4, 0.5) is 0 Å². The number of thiazole rings is 1. The highest BCUT2D eigenvalue weighted by Crippen LogP contribution is 2.34. The molecule has 0 spiro atoms. The Morgan fingerprint density at radius 2 is 2.05 bits per heavy atom. The number of aliphatic hydroxyl groups excluding tert-OH is 1. The van der Waals surface area contributed by atoms with E-state index in [1.165, 1.54) is 0 Å². The average molecular weight is 299 g/mol. The number of hydrogen-bond donors (Lipinski definition) is 1. The predicted octanol–water partition coefficient (Wildman–Crippen LogP) is 3.89. The van der Waals surface area contributed by atoms with Crippen LogP contribution in [-0.4, -0.2) is 17.2 Å². The molecule has 108 valence electrons. The molecule has 0 radical (unpaired) electrons. The SMILES string of the molecule is COc1ccc2ccccc2c1C(O)Cc1csc(C)n1. The Labute approximate surface area is 127 Å². The van der Waals surface area contributed by atoms with E-state index in [1.54, 1.807) is 18.4 Å². The van der Waals surface area contributed by atoms with Gasteiger partial charge in [0.1, 0.15) is 5.75 Å². The predicted molar refractivity (Wildman–Crippen MR) is 86.0 cm³/mol. The zero-order valence-electron chi connectivity index (χ0n) is 12.0. The van der Waals surface area contributed by atoms with Crippen molar-refractivity contribution in [2.24, 2.45) is 0 Å². The number of aryl methyl sites for hydroxylation is 1. The minimum atomic E-state index is -0.632. The van der Waals surface area contributed by atoms with Gasteiger partial charge in [0.05, 0.1) is 23.9 Å². The summed E-state index contributed by atoms with van der Waals surface area (Å²) in [5.41, 5.74) is 1.75.